The molecule has 16 heavy (non-hydrogen) atoms. The standard InChI is InChI=1S/C9H9F3N2O2/c1-13-5-6-2-3-7(14(15)16)4-8(6)9(10,11)12/h2-4,13H,5H2,1H3. The average molecular weight is 234 g/mol. The van der Waals surface area contributed by atoms with E-state index in [4.69, 9.17) is 0 Å². The number of nitro groups is 1. The summed E-state index contributed by atoms with van der Waals surface area (Å²) in [4.78, 5) is 9.52. The molecule has 0 aliphatic heterocycles. The lowest BCUT2D eigenvalue weighted by molar-refractivity contribution is -0.385. The van der Waals surface area contributed by atoms with Crippen molar-refractivity contribution in [3.63, 3.8) is 0 Å². The van der Waals surface area contributed by atoms with Gasteiger partial charge in [-0.1, -0.05) is 6.07 Å². The van der Waals surface area contributed by atoms with Crippen LogP contribution in [0.1, 0.15) is 11.1 Å². The maximum Gasteiger partial charge on any atom is 0.416 e. The van der Waals surface area contributed by atoms with E-state index in [9.17, 15) is 23.3 Å². The Morgan fingerprint density at radius 2 is 2.06 bits per heavy atom. The molecule has 0 heterocycles. The third kappa shape index (κ3) is 2.69. The van der Waals surface area contributed by atoms with E-state index in [2.05, 4.69) is 5.32 Å². The van der Waals surface area contributed by atoms with Gasteiger partial charge < -0.3 is 5.32 Å². The Kier molecular flexibility index (Phi) is 3.48. The van der Waals surface area contributed by atoms with E-state index in [1.54, 1.807) is 0 Å². The molecule has 0 aromatic heterocycles. The Hall–Kier alpha value is -1.63. The maximum absolute atomic E-state index is 12.6. The third-order valence-electron chi connectivity index (χ3n) is 1.98. The van der Waals surface area contributed by atoms with Gasteiger partial charge in [0, 0.05) is 18.7 Å². The predicted molar refractivity (Wildman–Crippen MR) is 50.9 cm³/mol. The average Bonchev–Trinajstić information content (AvgIpc) is 2.16. The third-order valence-corrected chi connectivity index (χ3v) is 1.98. The number of rotatable bonds is 3. The van der Waals surface area contributed by atoms with E-state index < -0.39 is 22.4 Å². The quantitative estimate of drug-likeness (QED) is 0.645. The molecule has 0 atom stereocenters. The van der Waals surface area contributed by atoms with Crippen LogP contribution >= 0.6 is 0 Å². The number of halogens is 3. The van der Waals surface area contributed by atoms with Crippen molar-refractivity contribution in [3.05, 3.63) is 39.4 Å². The van der Waals surface area contributed by atoms with Gasteiger partial charge in [-0.2, -0.15) is 13.2 Å². The van der Waals surface area contributed by atoms with Gasteiger partial charge in [-0.05, 0) is 12.6 Å². The number of alkyl halides is 3. The van der Waals surface area contributed by atoms with Crippen LogP contribution < -0.4 is 5.32 Å². The first-order valence-electron chi connectivity index (χ1n) is 4.35. The summed E-state index contributed by atoms with van der Waals surface area (Å²) in [6.45, 7) is 0.00678. The number of benzene rings is 1. The molecular formula is C9H9F3N2O2. The zero-order valence-electron chi connectivity index (χ0n) is 8.34. The summed E-state index contributed by atoms with van der Waals surface area (Å²) >= 11 is 0. The maximum atomic E-state index is 12.6. The summed E-state index contributed by atoms with van der Waals surface area (Å²) in [5, 5.41) is 12.9. The molecule has 0 aliphatic carbocycles. The van der Waals surface area contributed by atoms with Gasteiger partial charge in [0.1, 0.15) is 0 Å². The number of nitrogens with one attached hydrogen (secondary N) is 1. The van der Waals surface area contributed by atoms with E-state index >= 15 is 0 Å². The van der Waals surface area contributed by atoms with Crippen LogP contribution in [-0.2, 0) is 12.7 Å². The topological polar surface area (TPSA) is 55.2 Å². The smallest absolute Gasteiger partial charge is 0.316 e. The molecular weight excluding hydrogens is 225 g/mol. The second-order valence-corrected chi connectivity index (χ2v) is 3.13. The second-order valence-electron chi connectivity index (χ2n) is 3.13. The molecule has 7 heteroatoms. The lowest BCUT2D eigenvalue weighted by Crippen LogP contribution is -2.14. The van der Waals surface area contributed by atoms with Gasteiger partial charge in [-0.25, -0.2) is 0 Å². The highest BCUT2D eigenvalue weighted by molar-refractivity contribution is 5.41. The Balaban J connectivity index is 3.27. The number of nitrogens with zero attached hydrogens (tertiary/aromatic N) is 1. The van der Waals surface area contributed by atoms with Crippen molar-refractivity contribution in [2.24, 2.45) is 0 Å². The highest BCUT2D eigenvalue weighted by Gasteiger charge is 2.34. The molecule has 88 valence electrons. The van der Waals surface area contributed by atoms with Gasteiger partial charge in [-0.3, -0.25) is 10.1 Å². The highest BCUT2D eigenvalue weighted by Crippen LogP contribution is 2.34. The van der Waals surface area contributed by atoms with E-state index in [1.807, 2.05) is 0 Å². The van der Waals surface area contributed by atoms with Crippen molar-refractivity contribution in [3.8, 4) is 0 Å². The largest absolute Gasteiger partial charge is 0.416 e. The Labute approximate surface area is 89.2 Å². The van der Waals surface area contributed by atoms with Crippen LogP contribution in [0, 0.1) is 10.1 Å². The fourth-order valence-electron chi connectivity index (χ4n) is 1.29. The minimum absolute atomic E-state index is 0.00678. The first kappa shape index (κ1) is 12.4. The molecule has 0 spiro atoms. The summed E-state index contributed by atoms with van der Waals surface area (Å²) in [5.41, 5.74) is -1.55. The summed E-state index contributed by atoms with van der Waals surface area (Å²) in [6, 6.07) is 2.71. The zero-order valence-corrected chi connectivity index (χ0v) is 8.34. The molecule has 0 amide bonds. The summed E-state index contributed by atoms with van der Waals surface area (Å²) in [5.74, 6) is 0. The van der Waals surface area contributed by atoms with Crippen LogP contribution in [0.15, 0.2) is 18.2 Å². The first-order valence-corrected chi connectivity index (χ1v) is 4.35. The molecule has 0 fully saturated rings. The number of non-ortho nitro benzene ring substituents is 1. The van der Waals surface area contributed by atoms with Crippen molar-refractivity contribution in [1.82, 2.24) is 5.32 Å². The molecule has 1 aromatic rings. The van der Waals surface area contributed by atoms with Crippen molar-refractivity contribution in [1.29, 1.82) is 0 Å². The van der Waals surface area contributed by atoms with Gasteiger partial charge in [0.05, 0.1) is 10.5 Å². The van der Waals surface area contributed by atoms with Gasteiger partial charge in [0.25, 0.3) is 5.69 Å². The van der Waals surface area contributed by atoms with Gasteiger partial charge in [0.2, 0.25) is 0 Å². The number of hydrogen-bond donors (Lipinski definition) is 1. The first-order chi connectivity index (χ1) is 7.36. The molecule has 1 rings (SSSR count). The summed E-state index contributed by atoms with van der Waals surface area (Å²) < 4.78 is 37.7. The van der Waals surface area contributed by atoms with Gasteiger partial charge >= 0.3 is 6.18 Å². The monoisotopic (exact) mass is 234 g/mol. The SMILES string of the molecule is CNCc1ccc([N+](=O)[O-])cc1C(F)(F)F. The van der Waals surface area contributed by atoms with E-state index in [-0.39, 0.29) is 12.1 Å². The molecule has 1 N–H and O–H groups in total. The lowest BCUT2D eigenvalue weighted by Gasteiger charge is -2.11. The van der Waals surface area contributed by atoms with Crippen LogP contribution in [0.2, 0.25) is 0 Å². The molecule has 0 aliphatic rings. The van der Waals surface area contributed by atoms with Crippen molar-refractivity contribution in [2.75, 3.05) is 7.05 Å². The molecule has 0 unspecified atom stereocenters. The van der Waals surface area contributed by atoms with E-state index in [0.717, 1.165) is 12.1 Å². The van der Waals surface area contributed by atoms with Crippen LogP contribution in [0.5, 0.6) is 0 Å². The molecule has 0 radical (unpaired) electrons. The van der Waals surface area contributed by atoms with Crippen molar-refractivity contribution in [2.45, 2.75) is 12.7 Å². The molecule has 0 saturated carbocycles. The Morgan fingerprint density at radius 3 is 2.50 bits per heavy atom. The van der Waals surface area contributed by atoms with Crippen LogP contribution in [-0.4, -0.2) is 12.0 Å². The Morgan fingerprint density at radius 1 is 1.44 bits per heavy atom. The van der Waals surface area contributed by atoms with Gasteiger partial charge in [-0.15, -0.1) is 0 Å². The lowest BCUT2D eigenvalue weighted by atomic mass is 10.1. The van der Waals surface area contributed by atoms with Crippen LogP contribution in [0.3, 0.4) is 0 Å². The molecule has 0 saturated heterocycles. The fraction of sp³-hybridized carbons (Fsp3) is 0.333. The second kappa shape index (κ2) is 4.48. The predicted octanol–water partition coefficient (Wildman–Crippen LogP) is 2.33. The van der Waals surface area contributed by atoms with Gasteiger partial charge in [0.15, 0.2) is 0 Å². The Bertz CT molecular complexity index is 404. The highest BCUT2D eigenvalue weighted by atomic mass is 19.4. The van der Waals surface area contributed by atoms with E-state index in [1.165, 1.54) is 7.05 Å². The van der Waals surface area contributed by atoms with Crippen molar-refractivity contribution >= 4 is 5.69 Å². The zero-order chi connectivity index (χ0) is 12.3. The fourth-order valence-corrected chi connectivity index (χ4v) is 1.29. The van der Waals surface area contributed by atoms with Crippen molar-refractivity contribution < 1.29 is 18.1 Å². The number of nitro benzene ring substituents is 1. The molecule has 1 aromatic carbocycles. The van der Waals surface area contributed by atoms with Crippen LogP contribution in [0.25, 0.3) is 0 Å². The van der Waals surface area contributed by atoms with E-state index in [0.29, 0.717) is 6.07 Å². The minimum atomic E-state index is -4.59. The molecule has 4 nitrogen and oxygen atoms in total. The summed E-state index contributed by atoms with van der Waals surface area (Å²) in [7, 11) is 1.50. The minimum Gasteiger partial charge on any atom is -0.316 e. The molecule has 0 bridgehead atoms. The number of hydrogen-bond acceptors (Lipinski definition) is 3. The summed E-state index contributed by atoms with van der Waals surface area (Å²) in [6.07, 6.45) is -4.59. The normalized spacial score (nSPS) is 11.5. The van der Waals surface area contributed by atoms with Crippen LogP contribution in [0.4, 0.5) is 18.9 Å².